The van der Waals surface area contributed by atoms with E-state index in [0.29, 0.717) is 4.77 Å². The standard InChI is InChI=1S/C15H18N4OS/c1-2-11-5-7-12(8-6-11)10-16-19-14(17-18-15(19)21)13-4-3-9-20-13/h5-8,10,13H,2-4,9H2,1H3,(H,18,21)/b16-10-/t13-/m1/s1. The summed E-state index contributed by atoms with van der Waals surface area (Å²) in [6.45, 7) is 2.91. The molecule has 21 heavy (non-hydrogen) atoms. The molecular weight excluding hydrogens is 284 g/mol. The van der Waals surface area contributed by atoms with Crippen LogP contribution in [0.4, 0.5) is 0 Å². The van der Waals surface area contributed by atoms with Gasteiger partial charge in [0.25, 0.3) is 0 Å². The number of hydrogen-bond acceptors (Lipinski definition) is 4. The van der Waals surface area contributed by atoms with Gasteiger partial charge in [0.1, 0.15) is 6.10 Å². The zero-order valence-corrected chi connectivity index (χ0v) is 12.8. The van der Waals surface area contributed by atoms with Crippen molar-refractivity contribution >= 4 is 18.4 Å². The average Bonchev–Trinajstić information content (AvgIpc) is 3.15. The molecule has 110 valence electrons. The number of rotatable bonds is 4. The van der Waals surface area contributed by atoms with E-state index >= 15 is 0 Å². The van der Waals surface area contributed by atoms with Crippen molar-refractivity contribution in [3.63, 3.8) is 0 Å². The van der Waals surface area contributed by atoms with E-state index in [1.807, 2.05) is 0 Å². The Labute approximate surface area is 128 Å². The fraction of sp³-hybridized carbons (Fsp3) is 0.400. The Balaban J connectivity index is 1.84. The number of aryl methyl sites for hydroxylation is 1. The van der Waals surface area contributed by atoms with Crippen molar-refractivity contribution in [2.45, 2.75) is 32.3 Å². The molecule has 5 nitrogen and oxygen atoms in total. The Morgan fingerprint density at radius 3 is 2.95 bits per heavy atom. The fourth-order valence-corrected chi connectivity index (χ4v) is 2.56. The quantitative estimate of drug-likeness (QED) is 0.697. The summed E-state index contributed by atoms with van der Waals surface area (Å²) in [7, 11) is 0. The summed E-state index contributed by atoms with van der Waals surface area (Å²) >= 11 is 5.24. The van der Waals surface area contributed by atoms with Crippen molar-refractivity contribution < 1.29 is 4.74 Å². The summed E-state index contributed by atoms with van der Waals surface area (Å²) < 4.78 is 7.79. The number of aromatic amines is 1. The summed E-state index contributed by atoms with van der Waals surface area (Å²) in [6, 6.07) is 8.32. The van der Waals surface area contributed by atoms with E-state index in [2.05, 4.69) is 46.5 Å². The molecule has 1 fully saturated rings. The molecule has 6 heteroatoms. The largest absolute Gasteiger partial charge is 0.370 e. The zero-order valence-electron chi connectivity index (χ0n) is 12.0. The highest BCUT2D eigenvalue weighted by atomic mass is 32.1. The molecule has 1 aliphatic heterocycles. The molecule has 3 rings (SSSR count). The van der Waals surface area contributed by atoms with Gasteiger partial charge in [0.2, 0.25) is 4.77 Å². The number of hydrogen-bond donors (Lipinski definition) is 1. The molecule has 0 spiro atoms. The van der Waals surface area contributed by atoms with Crippen LogP contribution in [0, 0.1) is 4.77 Å². The van der Waals surface area contributed by atoms with Crippen LogP contribution in [-0.2, 0) is 11.2 Å². The molecule has 0 amide bonds. The summed E-state index contributed by atoms with van der Waals surface area (Å²) in [6.07, 6.45) is 4.82. The average molecular weight is 302 g/mol. The maximum Gasteiger partial charge on any atom is 0.216 e. The minimum atomic E-state index is -0.0161. The summed E-state index contributed by atoms with van der Waals surface area (Å²) in [5.74, 6) is 0.749. The molecule has 1 aromatic carbocycles. The number of aromatic nitrogens is 3. The van der Waals surface area contributed by atoms with Crippen molar-refractivity contribution in [2.24, 2.45) is 5.10 Å². The van der Waals surface area contributed by atoms with Gasteiger partial charge < -0.3 is 4.74 Å². The summed E-state index contributed by atoms with van der Waals surface area (Å²) in [5.41, 5.74) is 2.35. The van der Waals surface area contributed by atoms with Crippen LogP contribution in [0.1, 0.15) is 42.8 Å². The number of H-pyrrole nitrogens is 1. The smallest absolute Gasteiger partial charge is 0.216 e. The van der Waals surface area contributed by atoms with Crippen LogP contribution in [0.3, 0.4) is 0 Å². The van der Waals surface area contributed by atoms with Crippen molar-refractivity contribution in [1.82, 2.24) is 14.9 Å². The Kier molecular flexibility index (Phi) is 4.26. The van der Waals surface area contributed by atoms with E-state index in [1.54, 1.807) is 10.9 Å². The van der Waals surface area contributed by atoms with Crippen LogP contribution >= 0.6 is 12.2 Å². The summed E-state index contributed by atoms with van der Waals surface area (Å²) in [5, 5.41) is 11.5. The van der Waals surface area contributed by atoms with E-state index in [1.165, 1.54) is 5.56 Å². The number of nitrogens with zero attached hydrogens (tertiary/aromatic N) is 3. The normalized spacial score (nSPS) is 18.6. The molecule has 0 aliphatic carbocycles. The lowest BCUT2D eigenvalue weighted by Gasteiger charge is -2.07. The summed E-state index contributed by atoms with van der Waals surface area (Å²) in [4.78, 5) is 0. The first-order valence-electron chi connectivity index (χ1n) is 7.20. The second-order valence-corrected chi connectivity index (χ2v) is 5.43. The van der Waals surface area contributed by atoms with E-state index in [9.17, 15) is 0 Å². The van der Waals surface area contributed by atoms with Crippen LogP contribution in [0.5, 0.6) is 0 Å². The van der Waals surface area contributed by atoms with E-state index in [0.717, 1.165) is 37.3 Å². The third-order valence-electron chi connectivity index (χ3n) is 3.60. The molecule has 2 aromatic rings. The van der Waals surface area contributed by atoms with Gasteiger partial charge in [-0.15, -0.1) is 0 Å². The van der Waals surface area contributed by atoms with Gasteiger partial charge in [-0.3, -0.25) is 5.10 Å². The maximum atomic E-state index is 5.65. The first kappa shape index (κ1) is 14.2. The molecule has 1 aliphatic rings. The number of benzene rings is 1. The van der Waals surface area contributed by atoms with Crippen molar-refractivity contribution in [2.75, 3.05) is 6.61 Å². The lowest BCUT2D eigenvalue weighted by molar-refractivity contribution is 0.102. The SMILES string of the molecule is CCc1ccc(/C=N\n2c([C@H]3CCCO3)n[nH]c2=S)cc1. The lowest BCUT2D eigenvalue weighted by atomic mass is 10.1. The molecule has 1 N–H and O–H groups in total. The molecule has 0 bridgehead atoms. The topological polar surface area (TPSA) is 55.2 Å². The molecule has 1 saturated heterocycles. The van der Waals surface area contributed by atoms with Crippen LogP contribution in [0.2, 0.25) is 0 Å². The van der Waals surface area contributed by atoms with Crippen molar-refractivity contribution in [3.8, 4) is 0 Å². The van der Waals surface area contributed by atoms with Crippen molar-refractivity contribution in [3.05, 3.63) is 46.0 Å². The predicted octanol–water partition coefficient (Wildman–Crippen LogP) is 3.24. The van der Waals surface area contributed by atoms with E-state index < -0.39 is 0 Å². The first-order chi connectivity index (χ1) is 10.3. The lowest BCUT2D eigenvalue weighted by Crippen LogP contribution is -2.05. The van der Waals surface area contributed by atoms with Gasteiger partial charge in [0.05, 0.1) is 6.21 Å². The molecular formula is C15H18N4OS. The Morgan fingerprint density at radius 1 is 1.48 bits per heavy atom. The van der Waals surface area contributed by atoms with Crippen LogP contribution < -0.4 is 0 Å². The number of ether oxygens (including phenoxy) is 1. The maximum absolute atomic E-state index is 5.65. The van der Waals surface area contributed by atoms with Crippen LogP contribution in [0.25, 0.3) is 0 Å². The second-order valence-electron chi connectivity index (χ2n) is 5.04. The Bertz CT molecular complexity index is 680. The van der Waals surface area contributed by atoms with Gasteiger partial charge in [-0.05, 0) is 42.6 Å². The minimum Gasteiger partial charge on any atom is -0.370 e. The van der Waals surface area contributed by atoms with Gasteiger partial charge >= 0.3 is 0 Å². The molecule has 0 saturated carbocycles. The van der Waals surface area contributed by atoms with Gasteiger partial charge in [0.15, 0.2) is 5.82 Å². The Hall–Kier alpha value is -1.79. The monoisotopic (exact) mass is 302 g/mol. The highest BCUT2D eigenvalue weighted by molar-refractivity contribution is 7.71. The van der Waals surface area contributed by atoms with Crippen molar-refractivity contribution in [1.29, 1.82) is 0 Å². The molecule has 0 unspecified atom stereocenters. The highest BCUT2D eigenvalue weighted by Crippen LogP contribution is 2.26. The van der Waals surface area contributed by atoms with Gasteiger partial charge in [0, 0.05) is 6.61 Å². The molecule has 2 heterocycles. The molecule has 1 atom stereocenters. The van der Waals surface area contributed by atoms with Gasteiger partial charge in [-0.25, -0.2) is 0 Å². The van der Waals surface area contributed by atoms with E-state index in [4.69, 9.17) is 17.0 Å². The van der Waals surface area contributed by atoms with Gasteiger partial charge in [-0.2, -0.15) is 14.9 Å². The highest BCUT2D eigenvalue weighted by Gasteiger charge is 2.23. The van der Waals surface area contributed by atoms with E-state index in [-0.39, 0.29) is 6.10 Å². The first-order valence-corrected chi connectivity index (χ1v) is 7.61. The third kappa shape index (κ3) is 3.11. The van der Waals surface area contributed by atoms with Crippen LogP contribution in [-0.4, -0.2) is 27.7 Å². The minimum absolute atomic E-state index is 0.0161. The molecule has 1 aromatic heterocycles. The zero-order chi connectivity index (χ0) is 14.7. The van der Waals surface area contributed by atoms with Gasteiger partial charge in [-0.1, -0.05) is 31.2 Å². The fourth-order valence-electron chi connectivity index (χ4n) is 2.37. The number of nitrogens with one attached hydrogen (secondary N) is 1. The Morgan fingerprint density at radius 2 is 2.29 bits per heavy atom. The second kappa shape index (κ2) is 6.32. The predicted molar refractivity (Wildman–Crippen MR) is 84.2 cm³/mol. The van der Waals surface area contributed by atoms with Crippen LogP contribution in [0.15, 0.2) is 29.4 Å². The molecule has 0 radical (unpaired) electrons. The third-order valence-corrected chi connectivity index (χ3v) is 3.87.